The molecule has 51 heavy (non-hydrogen) atoms. The molecule has 0 saturated heterocycles. The zero-order valence-corrected chi connectivity index (χ0v) is 33.0. The maximum atomic E-state index is 12.7. The number of unbranched alkanes of at least 4 members (excludes halogenated alkanes) is 12. The number of ether oxygens (including phenoxy) is 3. The first kappa shape index (κ1) is 48.0. The van der Waals surface area contributed by atoms with Gasteiger partial charge in [0, 0.05) is 19.3 Å². The van der Waals surface area contributed by atoms with Crippen LogP contribution in [-0.2, 0) is 28.6 Å². The van der Waals surface area contributed by atoms with Crippen LogP contribution in [0.4, 0.5) is 0 Å². The molecule has 0 spiro atoms. The Hall–Kier alpha value is -2.97. The van der Waals surface area contributed by atoms with Gasteiger partial charge in [-0.3, -0.25) is 9.59 Å². The first-order valence-electron chi connectivity index (χ1n) is 19.9. The second-order valence-electron chi connectivity index (χ2n) is 14.2. The average molecular weight is 717 g/mol. The van der Waals surface area contributed by atoms with Crippen molar-refractivity contribution in [2.24, 2.45) is 0 Å². The highest BCUT2D eigenvalue weighted by Crippen LogP contribution is 2.12. The van der Waals surface area contributed by atoms with E-state index < -0.39 is 18.1 Å². The van der Waals surface area contributed by atoms with Crippen LogP contribution in [0.15, 0.2) is 60.8 Å². The van der Waals surface area contributed by atoms with Gasteiger partial charge >= 0.3 is 17.9 Å². The Morgan fingerprint density at radius 3 is 1.80 bits per heavy atom. The molecule has 0 aliphatic heterocycles. The van der Waals surface area contributed by atoms with E-state index in [0.29, 0.717) is 19.3 Å². The van der Waals surface area contributed by atoms with Gasteiger partial charge in [0.05, 0.1) is 34.4 Å². The summed E-state index contributed by atoms with van der Waals surface area (Å²) < 4.78 is 17.1. The molecule has 292 valence electrons. The monoisotopic (exact) mass is 717 g/mol. The highest BCUT2D eigenvalue weighted by molar-refractivity contribution is 5.72. The van der Waals surface area contributed by atoms with Gasteiger partial charge in [-0.25, -0.2) is 4.79 Å². The molecular formula is C43H74NO7+. The van der Waals surface area contributed by atoms with E-state index in [1.54, 1.807) is 0 Å². The molecule has 0 radical (unpaired) electrons. The molecule has 0 rings (SSSR count). The lowest BCUT2D eigenvalue weighted by atomic mass is 10.1. The quantitative estimate of drug-likeness (QED) is 0.0233. The van der Waals surface area contributed by atoms with Crippen LogP contribution >= 0.6 is 0 Å². The normalized spacial score (nSPS) is 13.7. The van der Waals surface area contributed by atoms with Crippen molar-refractivity contribution in [1.29, 1.82) is 0 Å². The number of aliphatic carboxylic acids is 1. The fourth-order valence-corrected chi connectivity index (χ4v) is 5.36. The van der Waals surface area contributed by atoms with Crippen LogP contribution in [0.5, 0.6) is 0 Å². The van der Waals surface area contributed by atoms with Crippen LogP contribution in [0, 0.1) is 0 Å². The van der Waals surface area contributed by atoms with Crippen molar-refractivity contribution in [1.82, 2.24) is 0 Å². The summed E-state index contributed by atoms with van der Waals surface area (Å²) >= 11 is 0. The number of carbonyl (C=O) groups excluding carboxylic acids is 2. The van der Waals surface area contributed by atoms with Crippen molar-refractivity contribution in [3.05, 3.63) is 60.8 Å². The fraction of sp³-hybridized carbons (Fsp3) is 0.698. The lowest BCUT2D eigenvalue weighted by molar-refractivity contribution is -0.887. The lowest BCUT2D eigenvalue weighted by Crippen LogP contribution is -2.50. The molecule has 0 aliphatic rings. The summed E-state index contributed by atoms with van der Waals surface area (Å²) in [6.45, 7) is 4.51. The van der Waals surface area contributed by atoms with Gasteiger partial charge in [0.25, 0.3) is 0 Å². The van der Waals surface area contributed by atoms with Crippen LogP contribution < -0.4 is 0 Å². The lowest BCUT2D eigenvalue weighted by Gasteiger charge is -2.31. The van der Waals surface area contributed by atoms with E-state index in [4.69, 9.17) is 14.2 Å². The third-order valence-corrected chi connectivity index (χ3v) is 8.46. The summed E-state index contributed by atoms with van der Waals surface area (Å²) in [6.07, 6.45) is 39.9. The number of carboxylic acids is 1. The van der Waals surface area contributed by atoms with E-state index in [-0.39, 0.29) is 36.2 Å². The van der Waals surface area contributed by atoms with Gasteiger partial charge < -0.3 is 23.8 Å². The molecule has 0 fully saturated rings. The second kappa shape index (κ2) is 34.1. The molecule has 8 nitrogen and oxygen atoms in total. The van der Waals surface area contributed by atoms with Crippen molar-refractivity contribution in [2.45, 2.75) is 154 Å². The maximum Gasteiger partial charge on any atom is 0.362 e. The molecule has 0 bridgehead atoms. The minimum atomic E-state index is -0.887. The maximum absolute atomic E-state index is 12.7. The van der Waals surface area contributed by atoms with E-state index in [1.165, 1.54) is 32.1 Å². The molecular weight excluding hydrogens is 642 g/mol. The molecule has 2 atom stereocenters. The van der Waals surface area contributed by atoms with E-state index in [0.717, 1.165) is 77.0 Å². The van der Waals surface area contributed by atoms with E-state index in [2.05, 4.69) is 74.6 Å². The van der Waals surface area contributed by atoms with E-state index >= 15 is 0 Å². The smallest absolute Gasteiger partial charge is 0.362 e. The molecule has 0 saturated carbocycles. The number of hydrogen-bond donors (Lipinski definition) is 1. The zero-order valence-electron chi connectivity index (χ0n) is 33.0. The van der Waals surface area contributed by atoms with E-state index in [9.17, 15) is 19.5 Å². The molecule has 0 aromatic carbocycles. The third kappa shape index (κ3) is 32.7. The Morgan fingerprint density at radius 2 is 1.18 bits per heavy atom. The number of carboxylic acid groups (broad SMARTS) is 1. The number of likely N-dealkylation sites (N-methyl/N-ethyl adjacent to an activating group) is 1. The topological polar surface area (TPSA) is 99.1 Å². The van der Waals surface area contributed by atoms with Gasteiger partial charge in [-0.1, -0.05) is 120 Å². The largest absolute Gasteiger partial charge is 0.477 e. The molecule has 0 aromatic rings. The number of rotatable bonds is 34. The number of hydrogen-bond acceptors (Lipinski definition) is 6. The number of nitrogens with zero attached hydrogens (tertiary/aromatic N) is 1. The van der Waals surface area contributed by atoms with Crippen molar-refractivity contribution in [3.63, 3.8) is 0 Å². The highest BCUT2D eigenvalue weighted by atomic mass is 16.6. The summed E-state index contributed by atoms with van der Waals surface area (Å²) in [7, 11) is 5.49. The van der Waals surface area contributed by atoms with Crippen molar-refractivity contribution in [3.8, 4) is 0 Å². The number of quaternary nitrogens is 1. The average Bonchev–Trinajstić information content (AvgIpc) is 3.08. The van der Waals surface area contributed by atoms with Gasteiger partial charge in [0.15, 0.2) is 12.1 Å². The molecule has 0 heterocycles. The SMILES string of the molecule is CC/C=C/C/C=C/CCCCC(=O)OCC(COCCC(C(=O)O)[N+](C)(C)C)OC(=O)CCCCCCC/C=C/C=C/C=C/CCCCCCC. The minimum Gasteiger partial charge on any atom is -0.477 e. The zero-order chi connectivity index (χ0) is 37.8. The predicted molar refractivity (Wildman–Crippen MR) is 211 cm³/mol. The summed E-state index contributed by atoms with van der Waals surface area (Å²) in [5, 5.41) is 9.58. The van der Waals surface area contributed by atoms with Crippen LogP contribution in [-0.4, -0.2) is 80.6 Å². The van der Waals surface area contributed by atoms with Gasteiger partial charge in [-0.2, -0.15) is 0 Å². The van der Waals surface area contributed by atoms with Gasteiger partial charge in [-0.05, 0) is 64.2 Å². The molecule has 1 N–H and O–H groups in total. The summed E-state index contributed by atoms with van der Waals surface area (Å²) in [4.78, 5) is 36.7. The Labute approximate surface area is 311 Å². The fourth-order valence-electron chi connectivity index (χ4n) is 5.36. The van der Waals surface area contributed by atoms with Crippen LogP contribution in [0.3, 0.4) is 0 Å². The van der Waals surface area contributed by atoms with Crippen molar-refractivity contribution < 1.29 is 38.2 Å². The molecule has 0 aliphatic carbocycles. The minimum absolute atomic E-state index is 0.0396. The summed E-state index contributed by atoms with van der Waals surface area (Å²) in [6, 6.07) is -0.624. The van der Waals surface area contributed by atoms with Gasteiger partial charge in [0.2, 0.25) is 0 Å². The molecule has 8 heteroatoms. The number of carbonyl (C=O) groups is 3. The van der Waals surface area contributed by atoms with Crippen LogP contribution in [0.25, 0.3) is 0 Å². The Morgan fingerprint density at radius 1 is 0.627 bits per heavy atom. The molecule has 0 aromatic heterocycles. The molecule has 2 unspecified atom stereocenters. The second-order valence-corrected chi connectivity index (χ2v) is 14.2. The van der Waals surface area contributed by atoms with E-state index in [1.807, 2.05) is 21.1 Å². The van der Waals surface area contributed by atoms with Gasteiger partial charge in [-0.15, -0.1) is 0 Å². The van der Waals surface area contributed by atoms with Crippen molar-refractivity contribution >= 4 is 17.9 Å². The Bertz CT molecular complexity index is 1020. The molecule has 0 amide bonds. The third-order valence-electron chi connectivity index (χ3n) is 8.46. The number of allylic oxidation sites excluding steroid dienone is 10. The summed E-state index contributed by atoms with van der Waals surface area (Å²) in [5.74, 6) is -1.55. The number of esters is 2. The van der Waals surface area contributed by atoms with Crippen molar-refractivity contribution in [2.75, 3.05) is 41.0 Å². The Balaban J connectivity index is 4.45. The highest BCUT2D eigenvalue weighted by Gasteiger charge is 2.31. The van der Waals surface area contributed by atoms with Crippen LogP contribution in [0.2, 0.25) is 0 Å². The first-order chi connectivity index (χ1) is 24.6. The Kier molecular flexibility index (Phi) is 32.1. The van der Waals surface area contributed by atoms with Gasteiger partial charge in [0.1, 0.15) is 6.61 Å². The first-order valence-corrected chi connectivity index (χ1v) is 19.9. The summed E-state index contributed by atoms with van der Waals surface area (Å²) in [5.41, 5.74) is 0. The van der Waals surface area contributed by atoms with Crippen LogP contribution in [0.1, 0.15) is 142 Å². The standard InChI is InChI=1S/C43H73NO7/c1-6-8-10-12-14-16-17-18-19-20-21-22-23-24-26-28-30-32-34-42(46)51-39(37-49-36-35-40(43(47)48)44(3,4)5)38-50-41(45)33-31-29-27-25-15-13-11-9-7-2/h9,11,15,17-22,25,39-40H,6-8,10,12-14,16,23-24,26-38H2,1-5H3/p+1/b11-9+,18-17+,20-19+,22-21+,25-15+. The predicted octanol–water partition coefficient (Wildman–Crippen LogP) is 10.2.